The number of carboxylic acid groups (broad SMARTS) is 1. The van der Waals surface area contributed by atoms with Gasteiger partial charge in [-0.1, -0.05) is 13.8 Å². The molecule has 1 aliphatic rings. The SMILES string of the molecule is CCC(CC)NC(=O)C(C)N1CCC(CCC(=O)O)CC1. The molecule has 21 heavy (non-hydrogen) atoms. The summed E-state index contributed by atoms with van der Waals surface area (Å²) in [5.41, 5.74) is 0. The van der Waals surface area contributed by atoms with Crippen molar-refractivity contribution < 1.29 is 14.7 Å². The highest BCUT2D eigenvalue weighted by molar-refractivity contribution is 5.81. The average Bonchev–Trinajstić information content (AvgIpc) is 2.50. The Kier molecular flexibility index (Phi) is 7.72. The van der Waals surface area contributed by atoms with E-state index in [1.165, 1.54) is 0 Å². The van der Waals surface area contributed by atoms with Gasteiger partial charge < -0.3 is 10.4 Å². The van der Waals surface area contributed by atoms with Crippen LogP contribution in [-0.4, -0.2) is 47.1 Å². The summed E-state index contributed by atoms with van der Waals surface area (Å²) in [5.74, 6) is -0.102. The molecule has 5 heteroatoms. The fourth-order valence-corrected chi connectivity index (χ4v) is 2.94. The zero-order valence-corrected chi connectivity index (χ0v) is 13.6. The molecule has 0 aromatic heterocycles. The van der Waals surface area contributed by atoms with Crippen molar-refractivity contribution in [3.63, 3.8) is 0 Å². The van der Waals surface area contributed by atoms with E-state index in [0.717, 1.165) is 45.2 Å². The van der Waals surface area contributed by atoms with E-state index in [0.29, 0.717) is 5.92 Å². The Morgan fingerprint density at radius 1 is 1.24 bits per heavy atom. The number of carbonyl (C=O) groups excluding carboxylic acids is 1. The largest absolute Gasteiger partial charge is 0.481 e. The van der Waals surface area contributed by atoms with E-state index in [9.17, 15) is 9.59 Å². The topological polar surface area (TPSA) is 69.6 Å². The van der Waals surface area contributed by atoms with Gasteiger partial charge in [0.2, 0.25) is 5.91 Å². The summed E-state index contributed by atoms with van der Waals surface area (Å²) in [6.07, 6.45) is 4.94. The lowest BCUT2D eigenvalue weighted by molar-refractivity contribution is -0.137. The molecule has 1 atom stereocenters. The molecule has 5 nitrogen and oxygen atoms in total. The molecule has 0 aromatic rings. The molecule has 0 aromatic carbocycles. The molecule has 1 unspecified atom stereocenters. The van der Waals surface area contributed by atoms with Crippen LogP contribution in [0, 0.1) is 5.92 Å². The van der Waals surface area contributed by atoms with Crippen LogP contribution in [0.3, 0.4) is 0 Å². The van der Waals surface area contributed by atoms with Crippen LogP contribution in [0.2, 0.25) is 0 Å². The highest BCUT2D eigenvalue weighted by atomic mass is 16.4. The molecule has 1 saturated heterocycles. The van der Waals surface area contributed by atoms with Crippen molar-refractivity contribution in [1.29, 1.82) is 0 Å². The van der Waals surface area contributed by atoms with Gasteiger partial charge in [-0.3, -0.25) is 14.5 Å². The van der Waals surface area contributed by atoms with Crippen molar-refractivity contribution in [2.75, 3.05) is 13.1 Å². The van der Waals surface area contributed by atoms with Gasteiger partial charge in [-0.15, -0.1) is 0 Å². The average molecular weight is 298 g/mol. The fourth-order valence-electron chi connectivity index (χ4n) is 2.94. The summed E-state index contributed by atoms with van der Waals surface area (Å²) in [5, 5.41) is 11.8. The van der Waals surface area contributed by atoms with E-state index in [-0.39, 0.29) is 24.4 Å². The van der Waals surface area contributed by atoms with Crippen LogP contribution in [-0.2, 0) is 9.59 Å². The summed E-state index contributed by atoms with van der Waals surface area (Å²) in [4.78, 5) is 25.1. The van der Waals surface area contributed by atoms with Crippen molar-refractivity contribution in [2.45, 2.75) is 71.4 Å². The minimum atomic E-state index is -0.713. The van der Waals surface area contributed by atoms with Gasteiger partial charge in [-0.05, 0) is 58.0 Å². The van der Waals surface area contributed by atoms with E-state index in [1.54, 1.807) is 0 Å². The summed E-state index contributed by atoms with van der Waals surface area (Å²) in [6, 6.07) is 0.180. The summed E-state index contributed by atoms with van der Waals surface area (Å²) in [6.45, 7) is 7.93. The van der Waals surface area contributed by atoms with Gasteiger partial charge in [-0.2, -0.15) is 0 Å². The normalized spacial score (nSPS) is 18.7. The molecule has 122 valence electrons. The molecular formula is C16H30N2O3. The van der Waals surface area contributed by atoms with Crippen LogP contribution in [0.4, 0.5) is 0 Å². The first-order chi connectivity index (χ1) is 9.97. The van der Waals surface area contributed by atoms with E-state index in [2.05, 4.69) is 24.1 Å². The minimum absolute atomic E-state index is 0.0916. The number of hydrogen-bond acceptors (Lipinski definition) is 3. The van der Waals surface area contributed by atoms with Crippen molar-refractivity contribution in [3.05, 3.63) is 0 Å². The third kappa shape index (κ3) is 6.04. The first kappa shape index (κ1) is 18.0. The zero-order chi connectivity index (χ0) is 15.8. The first-order valence-corrected chi connectivity index (χ1v) is 8.24. The smallest absolute Gasteiger partial charge is 0.303 e. The van der Waals surface area contributed by atoms with Crippen LogP contribution in [0.15, 0.2) is 0 Å². The number of hydrogen-bond donors (Lipinski definition) is 2. The van der Waals surface area contributed by atoms with Gasteiger partial charge in [-0.25, -0.2) is 0 Å². The van der Waals surface area contributed by atoms with Gasteiger partial charge in [0.25, 0.3) is 0 Å². The van der Waals surface area contributed by atoms with E-state index in [4.69, 9.17) is 5.11 Å². The van der Waals surface area contributed by atoms with Crippen LogP contribution < -0.4 is 5.32 Å². The monoisotopic (exact) mass is 298 g/mol. The Labute approximate surface area is 128 Å². The number of nitrogens with one attached hydrogen (secondary N) is 1. The standard InChI is InChI=1S/C16H30N2O3/c1-4-14(5-2)17-16(21)12(3)18-10-8-13(9-11-18)6-7-15(19)20/h12-14H,4-11H2,1-3H3,(H,17,21)(H,19,20). The van der Waals surface area contributed by atoms with Gasteiger partial charge in [0.15, 0.2) is 0 Å². The molecule has 0 radical (unpaired) electrons. The van der Waals surface area contributed by atoms with Crippen LogP contribution in [0.25, 0.3) is 0 Å². The van der Waals surface area contributed by atoms with Crippen molar-refractivity contribution in [1.82, 2.24) is 10.2 Å². The number of carboxylic acids is 1. The first-order valence-electron chi connectivity index (χ1n) is 8.24. The Morgan fingerprint density at radius 2 is 1.81 bits per heavy atom. The number of rotatable bonds is 8. The van der Waals surface area contributed by atoms with Crippen molar-refractivity contribution >= 4 is 11.9 Å². The molecule has 0 saturated carbocycles. The van der Waals surface area contributed by atoms with Crippen molar-refractivity contribution in [2.24, 2.45) is 5.92 Å². The van der Waals surface area contributed by atoms with E-state index >= 15 is 0 Å². The summed E-state index contributed by atoms with van der Waals surface area (Å²) < 4.78 is 0. The Hall–Kier alpha value is -1.10. The van der Waals surface area contributed by atoms with Crippen LogP contribution in [0.1, 0.15) is 59.3 Å². The molecule has 0 aliphatic carbocycles. The van der Waals surface area contributed by atoms with Gasteiger partial charge >= 0.3 is 5.97 Å². The van der Waals surface area contributed by atoms with Gasteiger partial charge in [0.1, 0.15) is 0 Å². The second-order valence-corrected chi connectivity index (χ2v) is 6.11. The molecule has 1 heterocycles. The molecule has 1 amide bonds. The summed E-state index contributed by atoms with van der Waals surface area (Å²) in [7, 11) is 0. The Bertz CT molecular complexity index is 334. The second kappa shape index (κ2) is 9.03. The lowest BCUT2D eigenvalue weighted by Gasteiger charge is -2.35. The molecular weight excluding hydrogens is 268 g/mol. The Morgan fingerprint density at radius 3 is 2.29 bits per heavy atom. The number of carbonyl (C=O) groups is 2. The summed E-state index contributed by atoms with van der Waals surface area (Å²) >= 11 is 0. The zero-order valence-electron chi connectivity index (χ0n) is 13.6. The predicted octanol–water partition coefficient (Wildman–Crippen LogP) is 2.26. The molecule has 0 bridgehead atoms. The highest BCUT2D eigenvalue weighted by Crippen LogP contribution is 2.23. The molecule has 0 spiro atoms. The number of nitrogens with zero attached hydrogens (tertiary/aromatic N) is 1. The highest BCUT2D eigenvalue weighted by Gasteiger charge is 2.27. The van der Waals surface area contributed by atoms with Crippen LogP contribution >= 0.6 is 0 Å². The van der Waals surface area contributed by atoms with Crippen molar-refractivity contribution in [3.8, 4) is 0 Å². The predicted molar refractivity (Wildman–Crippen MR) is 83.1 cm³/mol. The third-order valence-corrected chi connectivity index (χ3v) is 4.67. The molecule has 1 fully saturated rings. The second-order valence-electron chi connectivity index (χ2n) is 6.11. The maximum absolute atomic E-state index is 12.2. The molecule has 2 N–H and O–H groups in total. The van der Waals surface area contributed by atoms with Gasteiger partial charge in [0, 0.05) is 12.5 Å². The lowest BCUT2D eigenvalue weighted by atomic mass is 9.91. The van der Waals surface area contributed by atoms with Crippen LogP contribution in [0.5, 0.6) is 0 Å². The maximum atomic E-state index is 12.2. The number of piperidine rings is 1. The number of likely N-dealkylation sites (tertiary alicyclic amines) is 1. The lowest BCUT2D eigenvalue weighted by Crippen LogP contribution is -2.50. The third-order valence-electron chi connectivity index (χ3n) is 4.67. The Balaban J connectivity index is 2.35. The van der Waals surface area contributed by atoms with E-state index in [1.807, 2.05) is 6.92 Å². The van der Waals surface area contributed by atoms with E-state index < -0.39 is 5.97 Å². The molecule has 1 rings (SSSR count). The number of amides is 1. The minimum Gasteiger partial charge on any atom is -0.481 e. The maximum Gasteiger partial charge on any atom is 0.303 e. The quantitative estimate of drug-likeness (QED) is 0.721. The number of aliphatic carboxylic acids is 1. The molecule has 1 aliphatic heterocycles. The fraction of sp³-hybridized carbons (Fsp3) is 0.875. The van der Waals surface area contributed by atoms with Gasteiger partial charge in [0.05, 0.1) is 6.04 Å².